The lowest BCUT2D eigenvalue weighted by Gasteiger charge is -2.08. The largest absolute Gasteiger partial charge is 0.492 e. The van der Waals surface area contributed by atoms with Gasteiger partial charge in [-0.15, -0.1) is 0 Å². The van der Waals surface area contributed by atoms with Crippen molar-refractivity contribution in [3.63, 3.8) is 0 Å². The summed E-state index contributed by atoms with van der Waals surface area (Å²) in [5, 5.41) is 3.43. The molecule has 0 amide bonds. The average molecular weight is 236 g/mol. The molecule has 0 aliphatic rings. The summed E-state index contributed by atoms with van der Waals surface area (Å²) in [5.41, 5.74) is 6.66. The highest BCUT2D eigenvalue weighted by Gasteiger charge is 1.96. The number of nitrogens with two attached hydrogens (primary N) is 1. The number of rotatable bonds is 8. The molecule has 0 heterocycles. The van der Waals surface area contributed by atoms with Crippen LogP contribution in [-0.4, -0.2) is 19.7 Å². The van der Waals surface area contributed by atoms with Gasteiger partial charge in [-0.2, -0.15) is 0 Å². The monoisotopic (exact) mass is 236 g/mol. The van der Waals surface area contributed by atoms with E-state index in [1.165, 1.54) is 12.0 Å². The minimum Gasteiger partial charge on any atom is -0.492 e. The number of nitrogens with one attached hydrogen (secondary N) is 1. The molecule has 0 unspecified atom stereocenters. The van der Waals surface area contributed by atoms with Crippen LogP contribution in [-0.2, 0) is 6.54 Å². The number of benzene rings is 1. The first-order valence-electron chi connectivity index (χ1n) is 6.35. The number of ether oxygens (including phenoxy) is 1. The van der Waals surface area contributed by atoms with Crippen LogP contribution in [0.2, 0.25) is 0 Å². The van der Waals surface area contributed by atoms with Gasteiger partial charge in [0, 0.05) is 13.1 Å². The quantitative estimate of drug-likeness (QED) is 0.680. The third kappa shape index (κ3) is 6.29. The van der Waals surface area contributed by atoms with E-state index in [1.807, 2.05) is 12.1 Å². The van der Waals surface area contributed by atoms with Crippen LogP contribution in [0.25, 0.3) is 0 Å². The maximum absolute atomic E-state index is 5.42. The molecule has 0 aliphatic heterocycles. The second-order valence-electron chi connectivity index (χ2n) is 4.64. The van der Waals surface area contributed by atoms with Crippen molar-refractivity contribution in [3.05, 3.63) is 29.8 Å². The third-order valence-corrected chi connectivity index (χ3v) is 2.54. The zero-order chi connectivity index (χ0) is 12.5. The van der Waals surface area contributed by atoms with Gasteiger partial charge in [-0.3, -0.25) is 0 Å². The first-order chi connectivity index (χ1) is 8.22. The fourth-order valence-corrected chi connectivity index (χ4v) is 1.50. The topological polar surface area (TPSA) is 47.3 Å². The number of hydrogen-bond donors (Lipinski definition) is 2. The lowest BCUT2D eigenvalue weighted by Crippen LogP contribution is -2.16. The second-order valence-corrected chi connectivity index (χ2v) is 4.64. The predicted octanol–water partition coefficient (Wildman–Crippen LogP) is 2.16. The minimum atomic E-state index is 0.554. The zero-order valence-electron chi connectivity index (χ0n) is 10.9. The summed E-state index contributed by atoms with van der Waals surface area (Å²) in [6.45, 7) is 7.61. The summed E-state index contributed by atoms with van der Waals surface area (Å²) in [6, 6.07) is 8.17. The molecule has 0 saturated heterocycles. The van der Waals surface area contributed by atoms with E-state index in [0.29, 0.717) is 13.2 Å². The Kier molecular flexibility index (Phi) is 6.67. The maximum atomic E-state index is 5.42. The van der Waals surface area contributed by atoms with Crippen molar-refractivity contribution in [2.75, 3.05) is 19.7 Å². The van der Waals surface area contributed by atoms with E-state index in [0.717, 1.165) is 24.8 Å². The Balaban J connectivity index is 2.25. The van der Waals surface area contributed by atoms with Crippen molar-refractivity contribution in [3.8, 4) is 5.75 Å². The molecule has 1 rings (SSSR count). The van der Waals surface area contributed by atoms with Crippen LogP contribution in [0.15, 0.2) is 24.3 Å². The van der Waals surface area contributed by atoms with Crippen LogP contribution in [0.4, 0.5) is 0 Å². The summed E-state index contributed by atoms with van der Waals surface area (Å²) in [5.74, 6) is 1.65. The summed E-state index contributed by atoms with van der Waals surface area (Å²) in [6.07, 6.45) is 1.22. The molecule has 0 aromatic heterocycles. The highest BCUT2D eigenvalue weighted by Crippen LogP contribution is 2.11. The van der Waals surface area contributed by atoms with Crippen LogP contribution >= 0.6 is 0 Å². The molecule has 3 nitrogen and oxygen atoms in total. The Morgan fingerprint density at radius 1 is 1.24 bits per heavy atom. The minimum absolute atomic E-state index is 0.554. The first kappa shape index (κ1) is 14.0. The van der Waals surface area contributed by atoms with E-state index in [9.17, 15) is 0 Å². The van der Waals surface area contributed by atoms with Gasteiger partial charge < -0.3 is 15.8 Å². The van der Waals surface area contributed by atoms with Crippen molar-refractivity contribution in [1.82, 2.24) is 5.32 Å². The molecule has 0 bridgehead atoms. The van der Waals surface area contributed by atoms with E-state index < -0.39 is 0 Å². The molecule has 3 heteroatoms. The Bertz CT molecular complexity index is 296. The molecule has 1 aromatic carbocycles. The summed E-state index contributed by atoms with van der Waals surface area (Å²) >= 11 is 0. The molecule has 0 fully saturated rings. The molecule has 1 aromatic rings. The molecule has 0 spiro atoms. The van der Waals surface area contributed by atoms with E-state index in [2.05, 4.69) is 31.3 Å². The molecular formula is C14H24N2O. The molecular weight excluding hydrogens is 212 g/mol. The van der Waals surface area contributed by atoms with Crippen molar-refractivity contribution < 1.29 is 4.74 Å². The smallest absolute Gasteiger partial charge is 0.119 e. The van der Waals surface area contributed by atoms with Gasteiger partial charge in [0.1, 0.15) is 12.4 Å². The normalized spacial score (nSPS) is 10.8. The molecule has 0 radical (unpaired) electrons. The molecule has 17 heavy (non-hydrogen) atoms. The van der Waals surface area contributed by atoms with Gasteiger partial charge in [0.15, 0.2) is 0 Å². The SMILES string of the molecule is CC(C)CCNCc1ccc(OCCN)cc1. The van der Waals surface area contributed by atoms with E-state index in [-0.39, 0.29) is 0 Å². The van der Waals surface area contributed by atoms with Crippen LogP contribution < -0.4 is 15.8 Å². The lowest BCUT2D eigenvalue weighted by atomic mass is 10.1. The zero-order valence-corrected chi connectivity index (χ0v) is 10.9. The van der Waals surface area contributed by atoms with Gasteiger partial charge in [0.2, 0.25) is 0 Å². The van der Waals surface area contributed by atoms with Gasteiger partial charge >= 0.3 is 0 Å². The van der Waals surface area contributed by atoms with Gasteiger partial charge in [0.25, 0.3) is 0 Å². The van der Waals surface area contributed by atoms with Crippen molar-refractivity contribution in [1.29, 1.82) is 0 Å². The fraction of sp³-hybridized carbons (Fsp3) is 0.571. The van der Waals surface area contributed by atoms with E-state index >= 15 is 0 Å². The Morgan fingerprint density at radius 3 is 2.53 bits per heavy atom. The van der Waals surface area contributed by atoms with E-state index in [4.69, 9.17) is 10.5 Å². The standard InChI is InChI=1S/C14H24N2O/c1-12(2)7-9-16-11-13-3-5-14(6-4-13)17-10-8-15/h3-6,12,16H,7-11,15H2,1-2H3. The molecule has 0 atom stereocenters. The van der Waals surface area contributed by atoms with Crippen LogP contribution in [0, 0.1) is 5.92 Å². The maximum Gasteiger partial charge on any atom is 0.119 e. The molecule has 3 N–H and O–H groups in total. The number of hydrogen-bond acceptors (Lipinski definition) is 3. The first-order valence-corrected chi connectivity index (χ1v) is 6.35. The van der Waals surface area contributed by atoms with E-state index in [1.54, 1.807) is 0 Å². The van der Waals surface area contributed by atoms with Gasteiger partial charge in [0.05, 0.1) is 0 Å². The Morgan fingerprint density at radius 2 is 1.94 bits per heavy atom. The van der Waals surface area contributed by atoms with Crippen molar-refractivity contribution in [2.24, 2.45) is 11.7 Å². The molecule has 0 saturated carbocycles. The Hall–Kier alpha value is -1.06. The Labute approximate surface area is 104 Å². The molecule has 96 valence electrons. The summed E-state index contributed by atoms with van der Waals surface area (Å²) in [7, 11) is 0. The predicted molar refractivity (Wildman–Crippen MR) is 72.2 cm³/mol. The summed E-state index contributed by atoms with van der Waals surface area (Å²) < 4.78 is 5.42. The average Bonchev–Trinajstić information content (AvgIpc) is 2.33. The van der Waals surface area contributed by atoms with Crippen LogP contribution in [0.3, 0.4) is 0 Å². The van der Waals surface area contributed by atoms with Crippen LogP contribution in [0.5, 0.6) is 5.75 Å². The third-order valence-electron chi connectivity index (χ3n) is 2.54. The van der Waals surface area contributed by atoms with Gasteiger partial charge in [-0.1, -0.05) is 26.0 Å². The van der Waals surface area contributed by atoms with Gasteiger partial charge in [-0.05, 0) is 36.6 Å². The molecule has 0 aliphatic carbocycles. The highest BCUT2D eigenvalue weighted by molar-refractivity contribution is 5.27. The highest BCUT2D eigenvalue weighted by atomic mass is 16.5. The van der Waals surface area contributed by atoms with Crippen LogP contribution in [0.1, 0.15) is 25.8 Å². The van der Waals surface area contributed by atoms with Gasteiger partial charge in [-0.25, -0.2) is 0 Å². The van der Waals surface area contributed by atoms with Crippen molar-refractivity contribution >= 4 is 0 Å². The lowest BCUT2D eigenvalue weighted by molar-refractivity contribution is 0.328. The second kappa shape index (κ2) is 8.09. The van der Waals surface area contributed by atoms with Crippen molar-refractivity contribution in [2.45, 2.75) is 26.8 Å². The fourth-order valence-electron chi connectivity index (χ4n) is 1.50. The summed E-state index contributed by atoms with van der Waals surface area (Å²) in [4.78, 5) is 0.